The minimum Gasteiger partial charge on any atom is -0.478 e. The molecule has 0 N–H and O–H groups in total. The summed E-state index contributed by atoms with van der Waals surface area (Å²) in [7, 11) is 3.48. The highest BCUT2D eigenvalue weighted by Gasteiger charge is 2.13. The van der Waals surface area contributed by atoms with Crippen LogP contribution in [0.5, 0.6) is 5.88 Å². The number of ether oxygens (including phenoxy) is 1. The molecule has 7 nitrogen and oxygen atoms in total. The van der Waals surface area contributed by atoms with Gasteiger partial charge in [-0.05, 0) is 25.7 Å². The summed E-state index contributed by atoms with van der Waals surface area (Å²) >= 11 is 0. The van der Waals surface area contributed by atoms with Crippen LogP contribution in [0.2, 0.25) is 0 Å². The Kier molecular flexibility index (Phi) is 4.09. The molecule has 0 fully saturated rings. The topological polar surface area (TPSA) is 70.1 Å². The summed E-state index contributed by atoms with van der Waals surface area (Å²) in [6, 6.07) is 10.00. The molecule has 0 aliphatic carbocycles. The third-order valence-electron chi connectivity index (χ3n) is 4.33. The van der Waals surface area contributed by atoms with Crippen molar-refractivity contribution in [1.82, 2.24) is 29.1 Å². The van der Waals surface area contributed by atoms with E-state index in [9.17, 15) is 0 Å². The average molecular weight is 358 g/mol. The summed E-state index contributed by atoms with van der Waals surface area (Å²) in [5, 5.41) is 4.47. The molecule has 0 bridgehead atoms. The van der Waals surface area contributed by atoms with Gasteiger partial charge in [-0.25, -0.2) is 14.5 Å². The van der Waals surface area contributed by atoms with Crippen molar-refractivity contribution in [1.29, 1.82) is 0 Å². The summed E-state index contributed by atoms with van der Waals surface area (Å²) in [6.45, 7) is 3.84. The monoisotopic (exact) mass is 358 g/mol. The van der Waals surface area contributed by atoms with E-state index in [1.807, 2.05) is 62.0 Å². The molecule has 0 atom stereocenters. The van der Waals surface area contributed by atoms with Crippen molar-refractivity contribution < 1.29 is 4.74 Å². The smallest absolute Gasteiger partial charge is 0.259 e. The maximum atomic E-state index is 5.31. The van der Waals surface area contributed by atoms with E-state index in [0.29, 0.717) is 23.2 Å². The average Bonchev–Trinajstić information content (AvgIpc) is 3.27. The van der Waals surface area contributed by atoms with E-state index < -0.39 is 0 Å². The molecule has 0 spiro atoms. The number of aromatic nitrogens is 6. The van der Waals surface area contributed by atoms with Crippen LogP contribution in [0.4, 0.5) is 0 Å². The second-order valence-corrected chi connectivity index (χ2v) is 6.14. The molecule has 4 rings (SSSR count). The highest BCUT2D eigenvalue weighted by Crippen LogP contribution is 2.19. The first-order chi connectivity index (χ1) is 13.1. The minimum atomic E-state index is 0.396. The second kappa shape index (κ2) is 6.57. The van der Waals surface area contributed by atoms with E-state index in [-0.39, 0.29) is 0 Å². The molecule has 1 aromatic carbocycles. The Hall–Kier alpha value is -3.66. The molecule has 0 aliphatic heterocycles. The fourth-order valence-electron chi connectivity index (χ4n) is 2.75. The molecule has 0 radical (unpaired) electrons. The lowest BCUT2D eigenvalue weighted by Crippen LogP contribution is -2.02. The third-order valence-corrected chi connectivity index (χ3v) is 4.33. The van der Waals surface area contributed by atoms with Crippen molar-refractivity contribution in [2.75, 3.05) is 7.11 Å². The van der Waals surface area contributed by atoms with Gasteiger partial charge in [0.2, 0.25) is 11.5 Å². The van der Waals surface area contributed by atoms with Gasteiger partial charge in [0.1, 0.15) is 0 Å². The second-order valence-electron chi connectivity index (χ2n) is 6.14. The predicted octanol–water partition coefficient (Wildman–Crippen LogP) is 2.55. The quantitative estimate of drug-likeness (QED) is 0.515. The summed E-state index contributed by atoms with van der Waals surface area (Å²) < 4.78 is 8.91. The van der Waals surface area contributed by atoms with Crippen LogP contribution in [0.3, 0.4) is 0 Å². The van der Waals surface area contributed by atoms with Gasteiger partial charge in [-0.1, -0.05) is 30.3 Å². The highest BCUT2D eigenvalue weighted by molar-refractivity contribution is 5.59. The molecule has 0 saturated carbocycles. The fourth-order valence-corrected chi connectivity index (χ4v) is 2.75. The Balaban J connectivity index is 1.73. The van der Waals surface area contributed by atoms with Gasteiger partial charge in [0.05, 0.1) is 24.2 Å². The van der Waals surface area contributed by atoms with Crippen molar-refractivity contribution in [3.63, 3.8) is 0 Å². The molecule has 134 valence electrons. The van der Waals surface area contributed by atoms with Crippen LogP contribution in [-0.4, -0.2) is 36.2 Å². The van der Waals surface area contributed by atoms with Gasteiger partial charge in [-0.3, -0.25) is 0 Å². The normalized spacial score (nSPS) is 10.7. The number of methoxy groups -OCH3 is 1. The number of rotatable bonds is 2. The van der Waals surface area contributed by atoms with E-state index in [0.717, 1.165) is 22.6 Å². The first-order valence-electron chi connectivity index (χ1n) is 8.45. The van der Waals surface area contributed by atoms with Crippen LogP contribution in [-0.2, 0) is 7.05 Å². The molecule has 0 unspecified atom stereocenters. The van der Waals surface area contributed by atoms with Crippen LogP contribution in [0.1, 0.15) is 23.0 Å². The zero-order chi connectivity index (χ0) is 19.0. The maximum absolute atomic E-state index is 5.31. The number of fused-ring (bicyclic) bond motifs is 1. The van der Waals surface area contributed by atoms with Crippen molar-refractivity contribution in [3.05, 3.63) is 59.6 Å². The molecule has 0 saturated heterocycles. The molecular weight excluding hydrogens is 340 g/mol. The maximum Gasteiger partial charge on any atom is 0.259 e. The standard InChI is InChI=1S/C20H18N6O/c1-13-14(2)26-19(20(21-13)27-4)23-17(24-26)10-11-18-22-16(12-25(18)3)15-8-6-5-7-9-15/h5-9,12H,1-4H3. The van der Waals surface area contributed by atoms with Crippen LogP contribution in [0, 0.1) is 25.7 Å². The van der Waals surface area contributed by atoms with E-state index in [1.54, 1.807) is 11.6 Å². The van der Waals surface area contributed by atoms with Gasteiger partial charge in [-0.15, -0.1) is 5.10 Å². The van der Waals surface area contributed by atoms with Crippen molar-refractivity contribution >= 4 is 5.65 Å². The van der Waals surface area contributed by atoms with E-state index in [2.05, 4.69) is 31.9 Å². The first-order valence-corrected chi connectivity index (χ1v) is 8.45. The van der Waals surface area contributed by atoms with Crippen molar-refractivity contribution in [2.45, 2.75) is 13.8 Å². The van der Waals surface area contributed by atoms with Gasteiger partial charge in [0.25, 0.3) is 5.88 Å². The third kappa shape index (κ3) is 3.02. The minimum absolute atomic E-state index is 0.396. The number of hydrogen-bond acceptors (Lipinski definition) is 5. The SMILES string of the molecule is COc1nc(C)c(C)n2nc(C#Cc3nc(-c4ccccc4)cn3C)nc12. The Morgan fingerprint density at radius 1 is 1.00 bits per heavy atom. The molecule has 0 aliphatic rings. The van der Waals surface area contributed by atoms with Crippen LogP contribution >= 0.6 is 0 Å². The number of nitrogens with zero attached hydrogens (tertiary/aromatic N) is 6. The lowest BCUT2D eigenvalue weighted by atomic mass is 10.2. The highest BCUT2D eigenvalue weighted by atomic mass is 16.5. The summed E-state index contributed by atoms with van der Waals surface area (Å²) in [4.78, 5) is 13.4. The van der Waals surface area contributed by atoms with Gasteiger partial charge in [0, 0.05) is 18.8 Å². The van der Waals surface area contributed by atoms with Crippen LogP contribution in [0.15, 0.2) is 36.5 Å². The largest absolute Gasteiger partial charge is 0.478 e. The van der Waals surface area contributed by atoms with Gasteiger partial charge < -0.3 is 9.30 Å². The Morgan fingerprint density at radius 2 is 1.78 bits per heavy atom. The molecule has 3 aromatic heterocycles. The lowest BCUT2D eigenvalue weighted by molar-refractivity contribution is 0.398. The number of benzene rings is 1. The van der Waals surface area contributed by atoms with Crippen LogP contribution < -0.4 is 4.74 Å². The molecule has 0 amide bonds. The van der Waals surface area contributed by atoms with E-state index in [1.165, 1.54) is 0 Å². The lowest BCUT2D eigenvalue weighted by Gasteiger charge is -2.05. The van der Waals surface area contributed by atoms with E-state index in [4.69, 9.17) is 4.74 Å². The van der Waals surface area contributed by atoms with Gasteiger partial charge >= 0.3 is 0 Å². The number of imidazole rings is 1. The zero-order valence-electron chi connectivity index (χ0n) is 15.6. The molecule has 3 heterocycles. The summed E-state index contributed by atoms with van der Waals surface area (Å²) in [5.41, 5.74) is 4.21. The van der Waals surface area contributed by atoms with Crippen molar-refractivity contribution in [2.24, 2.45) is 7.05 Å². The van der Waals surface area contributed by atoms with Gasteiger partial charge in [0.15, 0.2) is 5.82 Å². The molecule has 27 heavy (non-hydrogen) atoms. The summed E-state index contributed by atoms with van der Waals surface area (Å²) in [5.74, 6) is 7.52. The number of hydrogen-bond donors (Lipinski definition) is 0. The predicted molar refractivity (Wildman–Crippen MR) is 101 cm³/mol. The molecule has 4 aromatic rings. The molecule has 7 heteroatoms. The first kappa shape index (κ1) is 16.8. The Bertz CT molecular complexity index is 1190. The Labute approximate surface area is 156 Å². The molecular formula is C20H18N6O. The van der Waals surface area contributed by atoms with Gasteiger partial charge in [-0.2, -0.15) is 4.98 Å². The van der Waals surface area contributed by atoms with Crippen molar-refractivity contribution in [3.8, 4) is 29.0 Å². The fraction of sp³-hybridized carbons (Fsp3) is 0.200. The summed E-state index contributed by atoms with van der Waals surface area (Å²) in [6.07, 6.45) is 1.96. The van der Waals surface area contributed by atoms with E-state index >= 15 is 0 Å². The Morgan fingerprint density at radius 3 is 2.52 bits per heavy atom. The zero-order valence-corrected chi connectivity index (χ0v) is 15.6. The van der Waals surface area contributed by atoms with Crippen LogP contribution in [0.25, 0.3) is 16.9 Å². The number of aryl methyl sites for hydroxylation is 3.